The van der Waals surface area contributed by atoms with Gasteiger partial charge in [0, 0.05) is 30.6 Å². The fourth-order valence-electron chi connectivity index (χ4n) is 6.26. The second-order valence-electron chi connectivity index (χ2n) is 11.0. The predicted octanol–water partition coefficient (Wildman–Crippen LogP) is 6.70. The summed E-state index contributed by atoms with van der Waals surface area (Å²) in [6, 6.07) is 6.79. The quantitative estimate of drug-likeness (QED) is 0.381. The summed E-state index contributed by atoms with van der Waals surface area (Å²) in [4.78, 5) is 13.8. The first kappa shape index (κ1) is 26.8. The van der Waals surface area contributed by atoms with Crippen molar-refractivity contribution in [3.63, 3.8) is 0 Å². The smallest absolute Gasteiger partial charge is 0.387 e. The molecule has 2 aliphatic heterocycles. The summed E-state index contributed by atoms with van der Waals surface area (Å²) in [5.74, 6) is -2.64. The number of fused-ring (bicyclic) bond motifs is 1. The standard InChI is InChI=1S/C29H33F4NO4/c1-16(27(35)36)24(18-3-4-18)21-7-5-19-9-10-29(38-26(19)25(21)31)11-13-34(14-12-29)17(2)22-15-20(30)6-8-23(22)37-28(32)33/h5-8,15-18,24,28H,3-4,9-14H2,1-2H3,(H,35,36)/t16-,17?,24?/m0/s1. The minimum absolute atomic E-state index is 0.0487. The first-order valence-electron chi connectivity index (χ1n) is 13.3. The van der Waals surface area contributed by atoms with E-state index in [1.54, 1.807) is 13.0 Å². The second-order valence-corrected chi connectivity index (χ2v) is 11.0. The molecule has 2 unspecified atom stereocenters. The highest BCUT2D eigenvalue weighted by molar-refractivity contribution is 5.71. The lowest BCUT2D eigenvalue weighted by molar-refractivity contribution is -0.142. The highest BCUT2D eigenvalue weighted by atomic mass is 19.3. The van der Waals surface area contributed by atoms with Gasteiger partial charge in [-0.25, -0.2) is 8.78 Å². The highest BCUT2D eigenvalue weighted by Crippen LogP contribution is 2.50. The van der Waals surface area contributed by atoms with Crippen LogP contribution in [0.4, 0.5) is 17.6 Å². The molecule has 5 nitrogen and oxygen atoms in total. The molecule has 3 atom stereocenters. The number of rotatable bonds is 8. The van der Waals surface area contributed by atoms with E-state index in [1.165, 1.54) is 12.1 Å². The molecule has 1 aliphatic carbocycles. The number of carboxylic acids is 1. The molecule has 5 rings (SSSR count). The van der Waals surface area contributed by atoms with Crippen molar-refractivity contribution in [2.45, 2.75) is 76.5 Å². The molecule has 0 amide bonds. The van der Waals surface area contributed by atoms with Crippen molar-refractivity contribution in [1.29, 1.82) is 0 Å². The maximum absolute atomic E-state index is 15.9. The average molecular weight is 536 g/mol. The topological polar surface area (TPSA) is 59.0 Å². The van der Waals surface area contributed by atoms with E-state index in [2.05, 4.69) is 9.64 Å². The van der Waals surface area contributed by atoms with Crippen LogP contribution < -0.4 is 9.47 Å². The Bertz CT molecular complexity index is 1190. The van der Waals surface area contributed by atoms with E-state index in [0.29, 0.717) is 43.5 Å². The van der Waals surface area contributed by atoms with Gasteiger partial charge in [0.25, 0.3) is 0 Å². The molecule has 2 aromatic rings. The monoisotopic (exact) mass is 535 g/mol. The van der Waals surface area contributed by atoms with Crippen molar-refractivity contribution in [1.82, 2.24) is 4.90 Å². The number of ether oxygens (including phenoxy) is 2. The Morgan fingerprint density at radius 2 is 1.79 bits per heavy atom. The van der Waals surface area contributed by atoms with Gasteiger partial charge in [-0.1, -0.05) is 19.1 Å². The van der Waals surface area contributed by atoms with E-state index in [4.69, 9.17) is 4.74 Å². The summed E-state index contributed by atoms with van der Waals surface area (Å²) < 4.78 is 66.7. The average Bonchev–Trinajstić information content (AvgIpc) is 3.72. The Morgan fingerprint density at radius 3 is 2.42 bits per heavy atom. The number of halogens is 4. The van der Waals surface area contributed by atoms with Crippen molar-refractivity contribution in [3.8, 4) is 11.5 Å². The summed E-state index contributed by atoms with van der Waals surface area (Å²) in [7, 11) is 0. The van der Waals surface area contributed by atoms with Crippen molar-refractivity contribution in [2.75, 3.05) is 13.1 Å². The van der Waals surface area contributed by atoms with Gasteiger partial charge in [0.2, 0.25) is 0 Å². The zero-order chi connectivity index (χ0) is 27.2. The highest BCUT2D eigenvalue weighted by Gasteiger charge is 2.44. The van der Waals surface area contributed by atoms with Gasteiger partial charge in [-0.05, 0) is 80.7 Å². The number of piperidine rings is 1. The molecule has 3 aliphatic rings. The molecule has 2 heterocycles. The molecular formula is C29H33F4NO4. The van der Waals surface area contributed by atoms with E-state index in [1.807, 2.05) is 13.0 Å². The third-order valence-corrected chi connectivity index (χ3v) is 8.69. The summed E-state index contributed by atoms with van der Waals surface area (Å²) in [6.07, 6.45) is 4.36. The molecule has 2 fully saturated rings. The maximum Gasteiger partial charge on any atom is 0.387 e. The molecule has 1 spiro atoms. The van der Waals surface area contributed by atoms with Crippen LogP contribution in [0.5, 0.6) is 11.5 Å². The number of hydrogen-bond acceptors (Lipinski definition) is 4. The summed E-state index contributed by atoms with van der Waals surface area (Å²) in [5, 5.41) is 9.62. The Kier molecular flexibility index (Phi) is 7.33. The van der Waals surface area contributed by atoms with Crippen molar-refractivity contribution >= 4 is 5.97 Å². The third kappa shape index (κ3) is 5.22. The zero-order valence-electron chi connectivity index (χ0n) is 21.6. The number of likely N-dealkylation sites (tertiary alicyclic amines) is 1. The van der Waals surface area contributed by atoms with Gasteiger partial charge >= 0.3 is 12.6 Å². The van der Waals surface area contributed by atoms with Crippen LogP contribution in [0.3, 0.4) is 0 Å². The fraction of sp³-hybridized carbons (Fsp3) is 0.552. The van der Waals surface area contributed by atoms with Gasteiger partial charge in [0.1, 0.15) is 17.2 Å². The number of alkyl halides is 2. The zero-order valence-corrected chi connectivity index (χ0v) is 21.6. The minimum atomic E-state index is -3.01. The van der Waals surface area contributed by atoms with Crippen LogP contribution in [0.1, 0.15) is 74.6 Å². The van der Waals surface area contributed by atoms with E-state index in [9.17, 15) is 23.1 Å². The normalized spacial score (nSPS) is 21.4. The Hall–Kier alpha value is -2.81. The number of carboxylic acid groups (broad SMARTS) is 1. The van der Waals surface area contributed by atoms with Crippen molar-refractivity contribution in [3.05, 3.63) is 58.7 Å². The molecule has 1 N–H and O–H groups in total. The van der Waals surface area contributed by atoms with Crippen molar-refractivity contribution < 1.29 is 36.9 Å². The molecule has 0 bridgehead atoms. The summed E-state index contributed by atoms with van der Waals surface area (Å²) >= 11 is 0. The van der Waals surface area contributed by atoms with Crippen LogP contribution in [0, 0.1) is 23.5 Å². The molecule has 38 heavy (non-hydrogen) atoms. The molecule has 9 heteroatoms. The minimum Gasteiger partial charge on any atom is -0.484 e. The van der Waals surface area contributed by atoms with E-state index in [-0.39, 0.29) is 23.5 Å². The Labute approximate surface area is 219 Å². The Morgan fingerprint density at radius 1 is 1.08 bits per heavy atom. The molecule has 0 aromatic heterocycles. The van der Waals surface area contributed by atoms with Gasteiger partial charge in [0.05, 0.1) is 5.92 Å². The van der Waals surface area contributed by atoms with E-state index >= 15 is 4.39 Å². The first-order valence-corrected chi connectivity index (χ1v) is 13.3. The predicted molar refractivity (Wildman–Crippen MR) is 133 cm³/mol. The molecule has 206 valence electrons. The second kappa shape index (κ2) is 10.4. The lowest BCUT2D eigenvalue weighted by Crippen LogP contribution is -2.50. The number of hydrogen-bond donors (Lipinski definition) is 1. The SMILES string of the molecule is CC(c1cc(F)ccc1OC(F)F)N1CCC2(CCc3ccc(C(C4CC4)[C@H](C)C(=O)O)c(F)c3O2)CC1. The van der Waals surface area contributed by atoms with Crippen LogP contribution >= 0.6 is 0 Å². The number of carbonyl (C=O) groups is 1. The number of aliphatic carboxylic acids is 1. The largest absolute Gasteiger partial charge is 0.484 e. The van der Waals surface area contributed by atoms with Crippen LogP contribution in [0.2, 0.25) is 0 Å². The van der Waals surface area contributed by atoms with Gasteiger partial charge < -0.3 is 14.6 Å². The van der Waals surface area contributed by atoms with Crippen molar-refractivity contribution in [2.24, 2.45) is 11.8 Å². The third-order valence-electron chi connectivity index (χ3n) is 8.69. The van der Waals surface area contributed by atoms with E-state index in [0.717, 1.165) is 30.9 Å². The van der Waals surface area contributed by atoms with Gasteiger partial charge in [-0.2, -0.15) is 8.78 Å². The molecule has 1 saturated heterocycles. The number of nitrogens with zero attached hydrogens (tertiary/aromatic N) is 1. The van der Waals surface area contributed by atoms with Crippen LogP contribution in [-0.4, -0.2) is 41.3 Å². The summed E-state index contributed by atoms with van der Waals surface area (Å²) in [6.45, 7) is 1.58. The maximum atomic E-state index is 15.9. The molecule has 2 aromatic carbocycles. The molecule has 1 saturated carbocycles. The molecule has 0 radical (unpaired) electrons. The Balaban J connectivity index is 1.33. The number of benzene rings is 2. The van der Waals surface area contributed by atoms with Gasteiger partial charge in [-0.15, -0.1) is 0 Å². The van der Waals surface area contributed by atoms with Gasteiger partial charge in [-0.3, -0.25) is 9.69 Å². The van der Waals surface area contributed by atoms with Crippen LogP contribution in [0.25, 0.3) is 0 Å². The lowest BCUT2D eigenvalue weighted by Gasteiger charge is -2.46. The lowest BCUT2D eigenvalue weighted by atomic mass is 9.79. The van der Waals surface area contributed by atoms with Crippen LogP contribution in [0.15, 0.2) is 30.3 Å². The fourth-order valence-corrected chi connectivity index (χ4v) is 6.26. The number of aryl methyl sites for hydroxylation is 1. The van der Waals surface area contributed by atoms with Crippen LogP contribution in [-0.2, 0) is 11.2 Å². The molecular weight excluding hydrogens is 502 g/mol. The van der Waals surface area contributed by atoms with Gasteiger partial charge in [0.15, 0.2) is 11.6 Å². The van der Waals surface area contributed by atoms with E-state index < -0.39 is 41.7 Å². The first-order chi connectivity index (χ1) is 18.1. The summed E-state index contributed by atoms with van der Waals surface area (Å²) in [5.41, 5.74) is 0.992.